The SMILES string of the molecule is Brc1ccc2c3c(cccc13)-c1cc(-c3ccccc3)ccc1O2. The first-order valence-electron chi connectivity index (χ1n) is 7.90. The second-order valence-corrected chi connectivity index (χ2v) is 6.81. The van der Waals surface area contributed by atoms with E-state index in [0.29, 0.717) is 0 Å². The summed E-state index contributed by atoms with van der Waals surface area (Å²) in [6.07, 6.45) is 0. The molecular weight excluding hydrogens is 360 g/mol. The number of benzene rings is 4. The minimum atomic E-state index is 0.914. The zero-order valence-corrected chi connectivity index (χ0v) is 14.4. The quantitative estimate of drug-likeness (QED) is 0.306. The van der Waals surface area contributed by atoms with Crippen LogP contribution in [-0.4, -0.2) is 0 Å². The molecule has 0 atom stereocenters. The van der Waals surface area contributed by atoms with Crippen molar-refractivity contribution in [2.24, 2.45) is 0 Å². The number of halogens is 1. The van der Waals surface area contributed by atoms with Crippen LogP contribution in [0, 0.1) is 0 Å². The van der Waals surface area contributed by atoms with Crippen molar-refractivity contribution in [3.63, 3.8) is 0 Å². The van der Waals surface area contributed by atoms with E-state index in [-0.39, 0.29) is 0 Å². The molecule has 0 saturated heterocycles. The van der Waals surface area contributed by atoms with Gasteiger partial charge in [0.2, 0.25) is 0 Å². The van der Waals surface area contributed by atoms with E-state index in [1.165, 1.54) is 27.5 Å². The molecule has 0 bridgehead atoms. The summed E-state index contributed by atoms with van der Waals surface area (Å²) in [6, 6.07) is 27.4. The summed E-state index contributed by atoms with van der Waals surface area (Å²) in [7, 11) is 0. The molecule has 0 radical (unpaired) electrons. The molecule has 0 saturated carbocycles. The van der Waals surface area contributed by atoms with Gasteiger partial charge in [0.05, 0.1) is 0 Å². The van der Waals surface area contributed by atoms with Crippen molar-refractivity contribution in [2.45, 2.75) is 0 Å². The van der Waals surface area contributed by atoms with E-state index in [1.807, 2.05) is 18.2 Å². The van der Waals surface area contributed by atoms with E-state index in [4.69, 9.17) is 4.74 Å². The third kappa shape index (κ3) is 2.00. The van der Waals surface area contributed by atoms with E-state index in [0.717, 1.165) is 21.5 Å². The van der Waals surface area contributed by atoms with Crippen molar-refractivity contribution in [3.05, 3.63) is 83.3 Å². The molecule has 0 spiro atoms. The standard InChI is InChI=1S/C22H13BrO/c23-19-10-12-21-22-16(7-4-8-17(19)22)18-13-15(9-11-20(18)24-21)14-5-2-1-3-6-14/h1-13H. The molecule has 1 aliphatic heterocycles. The highest BCUT2D eigenvalue weighted by atomic mass is 79.9. The Kier molecular flexibility index (Phi) is 3.00. The zero-order chi connectivity index (χ0) is 16.1. The van der Waals surface area contributed by atoms with Crippen LogP contribution in [0.4, 0.5) is 0 Å². The highest BCUT2D eigenvalue weighted by molar-refractivity contribution is 9.10. The average molecular weight is 373 g/mol. The average Bonchev–Trinajstić information content (AvgIpc) is 2.65. The fourth-order valence-corrected chi connectivity index (χ4v) is 3.87. The van der Waals surface area contributed by atoms with Crippen molar-refractivity contribution in [1.29, 1.82) is 0 Å². The second-order valence-electron chi connectivity index (χ2n) is 5.95. The van der Waals surface area contributed by atoms with Crippen LogP contribution >= 0.6 is 15.9 Å². The summed E-state index contributed by atoms with van der Waals surface area (Å²) in [5, 5.41) is 2.35. The van der Waals surface area contributed by atoms with Crippen LogP contribution in [-0.2, 0) is 0 Å². The summed E-state index contributed by atoms with van der Waals surface area (Å²) in [5.41, 5.74) is 4.79. The third-order valence-electron chi connectivity index (χ3n) is 4.55. The molecule has 0 aromatic heterocycles. The van der Waals surface area contributed by atoms with Gasteiger partial charge in [-0.2, -0.15) is 0 Å². The van der Waals surface area contributed by atoms with Crippen LogP contribution in [0.5, 0.6) is 11.5 Å². The molecule has 4 aromatic rings. The predicted molar refractivity (Wildman–Crippen MR) is 103 cm³/mol. The topological polar surface area (TPSA) is 9.23 Å². The summed E-state index contributed by atoms with van der Waals surface area (Å²) in [5.74, 6) is 1.83. The van der Waals surface area contributed by atoms with Crippen molar-refractivity contribution in [3.8, 4) is 33.8 Å². The molecule has 0 aliphatic carbocycles. The van der Waals surface area contributed by atoms with Gasteiger partial charge in [0.1, 0.15) is 11.5 Å². The van der Waals surface area contributed by atoms with Gasteiger partial charge in [0.15, 0.2) is 0 Å². The maximum Gasteiger partial charge on any atom is 0.135 e. The van der Waals surface area contributed by atoms with E-state index >= 15 is 0 Å². The first-order valence-corrected chi connectivity index (χ1v) is 8.69. The largest absolute Gasteiger partial charge is 0.456 e. The number of hydrogen-bond acceptors (Lipinski definition) is 1. The van der Waals surface area contributed by atoms with Gasteiger partial charge in [-0.15, -0.1) is 0 Å². The highest BCUT2D eigenvalue weighted by Gasteiger charge is 2.21. The summed E-state index contributed by atoms with van der Waals surface area (Å²) in [6.45, 7) is 0. The molecule has 24 heavy (non-hydrogen) atoms. The third-order valence-corrected chi connectivity index (χ3v) is 5.24. The lowest BCUT2D eigenvalue weighted by atomic mass is 9.92. The number of ether oxygens (including phenoxy) is 1. The van der Waals surface area contributed by atoms with Crippen LogP contribution in [0.25, 0.3) is 33.0 Å². The van der Waals surface area contributed by atoms with Crippen molar-refractivity contribution >= 4 is 26.7 Å². The van der Waals surface area contributed by atoms with Crippen molar-refractivity contribution < 1.29 is 4.74 Å². The lowest BCUT2D eigenvalue weighted by Crippen LogP contribution is -1.97. The number of fused-ring (bicyclic) bond motifs is 2. The Morgan fingerprint density at radius 3 is 2.33 bits per heavy atom. The Morgan fingerprint density at radius 2 is 1.46 bits per heavy atom. The van der Waals surface area contributed by atoms with Crippen LogP contribution in [0.2, 0.25) is 0 Å². The Hall–Kier alpha value is -2.58. The fourth-order valence-electron chi connectivity index (χ4n) is 3.41. The lowest BCUT2D eigenvalue weighted by molar-refractivity contribution is 0.487. The van der Waals surface area contributed by atoms with Crippen molar-refractivity contribution in [1.82, 2.24) is 0 Å². The fraction of sp³-hybridized carbons (Fsp3) is 0. The Morgan fingerprint density at radius 1 is 0.625 bits per heavy atom. The molecule has 0 unspecified atom stereocenters. The van der Waals surface area contributed by atoms with Gasteiger partial charge in [0.25, 0.3) is 0 Å². The minimum absolute atomic E-state index is 0.914. The van der Waals surface area contributed by atoms with Gasteiger partial charge >= 0.3 is 0 Å². The molecule has 5 rings (SSSR count). The molecule has 2 heteroatoms. The predicted octanol–water partition coefficient (Wildman–Crippen LogP) is 7.04. The first kappa shape index (κ1) is 13.8. The van der Waals surface area contributed by atoms with Crippen molar-refractivity contribution in [2.75, 3.05) is 0 Å². The maximum atomic E-state index is 6.17. The van der Waals surface area contributed by atoms with Crippen LogP contribution in [0.1, 0.15) is 0 Å². The molecule has 114 valence electrons. The molecule has 0 fully saturated rings. The number of rotatable bonds is 1. The van der Waals surface area contributed by atoms with Gasteiger partial charge in [-0.25, -0.2) is 0 Å². The van der Waals surface area contributed by atoms with Gasteiger partial charge in [0, 0.05) is 20.8 Å². The van der Waals surface area contributed by atoms with Gasteiger partial charge < -0.3 is 4.74 Å². The van der Waals surface area contributed by atoms with Gasteiger partial charge in [-0.05, 0) is 41.0 Å². The maximum absolute atomic E-state index is 6.17. The normalized spacial score (nSPS) is 11.9. The van der Waals surface area contributed by atoms with Crippen LogP contribution in [0.15, 0.2) is 83.3 Å². The molecule has 4 aromatic carbocycles. The lowest BCUT2D eigenvalue weighted by Gasteiger charge is -2.22. The second kappa shape index (κ2) is 5.22. The monoisotopic (exact) mass is 372 g/mol. The molecule has 1 aliphatic rings. The molecule has 1 heterocycles. The van der Waals surface area contributed by atoms with Crippen LogP contribution < -0.4 is 4.74 Å². The molecule has 0 N–H and O–H groups in total. The zero-order valence-electron chi connectivity index (χ0n) is 12.8. The van der Waals surface area contributed by atoms with E-state index in [1.54, 1.807) is 0 Å². The summed E-state index contributed by atoms with van der Waals surface area (Å²) in [4.78, 5) is 0. The Labute approximate surface area is 148 Å². The van der Waals surface area contributed by atoms with Crippen LogP contribution in [0.3, 0.4) is 0 Å². The van der Waals surface area contributed by atoms with E-state index in [9.17, 15) is 0 Å². The minimum Gasteiger partial charge on any atom is -0.456 e. The summed E-state index contributed by atoms with van der Waals surface area (Å²) < 4.78 is 7.27. The molecule has 1 nitrogen and oxygen atoms in total. The smallest absolute Gasteiger partial charge is 0.135 e. The van der Waals surface area contributed by atoms with Gasteiger partial charge in [-0.3, -0.25) is 0 Å². The van der Waals surface area contributed by atoms with E-state index < -0.39 is 0 Å². The Bertz CT molecular complexity index is 1080. The summed E-state index contributed by atoms with van der Waals surface area (Å²) >= 11 is 3.65. The molecular formula is C22H13BrO. The first-order chi connectivity index (χ1) is 11.8. The Balaban J connectivity index is 1.80. The molecule has 0 amide bonds. The van der Waals surface area contributed by atoms with E-state index in [2.05, 4.69) is 76.6 Å². The number of hydrogen-bond donors (Lipinski definition) is 0. The highest BCUT2D eigenvalue weighted by Crippen LogP contribution is 2.48. The van der Waals surface area contributed by atoms with Gasteiger partial charge in [-0.1, -0.05) is 70.5 Å².